The Bertz CT molecular complexity index is 597. The van der Waals surface area contributed by atoms with Gasteiger partial charge in [0.1, 0.15) is 17.3 Å². The van der Waals surface area contributed by atoms with Crippen LogP contribution in [0.3, 0.4) is 0 Å². The van der Waals surface area contributed by atoms with Gasteiger partial charge in [0.25, 0.3) is 0 Å². The molecule has 0 fully saturated rings. The van der Waals surface area contributed by atoms with E-state index in [2.05, 4.69) is 9.68 Å². The molecule has 1 aromatic heterocycles. The fourth-order valence-corrected chi connectivity index (χ4v) is 1.39. The van der Waals surface area contributed by atoms with Crippen molar-refractivity contribution in [2.75, 3.05) is 0 Å². The van der Waals surface area contributed by atoms with E-state index in [9.17, 15) is 13.6 Å². The van der Waals surface area contributed by atoms with Gasteiger partial charge in [-0.1, -0.05) is 16.8 Å². The minimum absolute atomic E-state index is 0.0678. The molecule has 4 nitrogen and oxygen atoms in total. The van der Waals surface area contributed by atoms with Gasteiger partial charge in [0.05, 0.1) is 5.02 Å². The first kappa shape index (κ1) is 11.5. The average Bonchev–Trinajstić information content (AvgIpc) is 2.72. The first-order valence-corrected chi connectivity index (χ1v) is 4.71. The Kier molecular flexibility index (Phi) is 2.81. The highest BCUT2D eigenvalue weighted by molar-refractivity contribution is 6.31. The van der Waals surface area contributed by atoms with Gasteiger partial charge < -0.3 is 9.63 Å². The van der Waals surface area contributed by atoms with Crippen molar-refractivity contribution in [1.29, 1.82) is 0 Å². The van der Waals surface area contributed by atoms with E-state index in [1.807, 2.05) is 0 Å². The molecule has 17 heavy (non-hydrogen) atoms. The summed E-state index contributed by atoms with van der Waals surface area (Å²) >= 11 is 5.49. The zero-order valence-electron chi connectivity index (χ0n) is 8.08. The van der Waals surface area contributed by atoms with Crippen molar-refractivity contribution in [3.63, 3.8) is 0 Å². The number of hydrogen-bond donors (Lipinski definition) is 1. The van der Waals surface area contributed by atoms with Gasteiger partial charge >= 0.3 is 5.97 Å². The van der Waals surface area contributed by atoms with Gasteiger partial charge in [-0.25, -0.2) is 13.6 Å². The van der Waals surface area contributed by atoms with Crippen molar-refractivity contribution in [3.05, 3.63) is 40.6 Å². The molecule has 2 aromatic rings. The third-order valence-corrected chi connectivity index (χ3v) is 2.30. The molecule has 1 N–H and O–H groups in total. The van der Waals surface area contributed by atoms with Gasteiger partial charge in [0.15, 0.2) is 0 Å². The van der Waals surface area contributed by atoms with E-state index in [0.717, 1.165) is 12.1 Å². The molecule has 0 saturated carbocycles. The fourth-order valence-electron chi connectivity index (χ4n) is 1.22. The highest BCUT2D eigenvalue weighted by Gasteiger charge is 2.17. The van der Waals surface area contributed by atoms with E-state index in [-0.39, 0.29) is 16.3 Å². The lowest BCUT2D eigenvalue weighted by atomic mass is 10.1. The van der Waals surface area contributed by atoms with Crippen molar-refractivity contribution >= 4 is 17.6 Å². The van der Waals surface area contributed by atoms with Gasteiger partial charge in [-0.3, -0.25) is 0 Å². The topological polar surface area (TPSA) is 63.3 Å². The van der Waals surface area contributed by atoms with Crippen LogP contribution in [0.15, 0.2) is 22.7 Å². The van der Waals surface area contributed by atoms with Crippen LogP contribution >= 0.6 is 11.6 Å². The van der Waals surface area contributed by atoms with Crippen LogP contribution in [0.5, 0.6) is 0 Å². The van der Waals surface area contributed by atoms with Crippen LogP contribution in [-0.2, 0) is 0 Å². The smallest absolute Gasteiger partial charge is 0.374 e. The third-order valence-electron chi connectivity index (χ3n) is 2.01. The molecule has 0 aliphatic carbocycles. The highest BCUT2D eigenvalue weighted by Crippen LogP contribution is 2.27. The first-order valence-electron chi connectivity index (χ1n) is 4.34. The third kappa shape index (κ3) is 2.12. The van der Waals surface area contributed by atoms with Crippen molar-refractivity contribution in [2.45, 2.75) is 0 Å². The van der Waals surface area contributed by atoms with Gasteiger partial charge in [-0.2, -0.15) is 0 Å². The van der Waals surface area contributed by atoms with E-state index in [0.29, 0.717) is 6.07 Å². The number of carboxylic acids is 1. The van der Waals surface area contributed by atoms with Gasteiger partial charge in [0, 0.05) is 17.7 Å². The van der Waals surface area contributed by atoms with Gasteiger partial charge in [-0.05, 0) is 6.07 Å². The molecule has 0 bridgehead atoms. The second-order valence-corrected chi connectivity index (χ2v) is 3.53. The average molecular weight is 260 g/mol. The molecule has 7 heteroatoms. The zero-order chi connectivity index (χ0) is 12.6. The number of aromatic nitrogens is 1. The molecular formula is C10H4ClF2NO3. The Morgan fingerprint density at radius 3 is 2.59 bits per heavy atom. The van der Waals surface area contributed by atoms with Crippen molar-refractivity contribution in [1.82, 2.24) is 5.16 Å². The van der Waals surface area contributed by atoms with Crippen molar-refractivity contribution < 1.29 is 23.2 Å². The summed E-state index contributed by atoms with van der Waals surface area (Å²) in [4.78, 5) is 10.5. The molecule has 0 saturated heterocycles. The fraction of sp³-hybridized carbons (Fsp3) is 0. The summed E-state index contributed by atoms with van der Waals surface area (Å²) in [6.45, 7) is 0. The largest absolute Gasteiger partial charge is 0.475 e. The number of carbonyl (C=O) groups is 1. The quantitative estimate of drug-likeness (QED) is 0.842. The van der Waals surface area contributed by atoms with Crippen LogP contribution in [-0.4, -0.2) is 16.2 Å². The Morgan fingerprint density at radius 2 is 2.00 bits per heavy atom. The predicted octanol–water partition coefficient (Wildman–Crippen LogP) is 2.97. The summed E-state index contributed by atoms with van der Waals surface area (Å²) in [6, 6.07) is 2.62. The molecule has 0 amide bonds. The lowest BCUT2D eigenvalue weighted by Gasteiger charge is -2.00. The van der Waals surface area contributed by atoms with E-state index in [4.69, 9.17) is 16.7 Å². The van der Waals surface area contributed by atoms with Gasteiger partial charge in [-0.15, -0.1) is 0 Å². The minimum atomic E-state index is -1.34. The Labute approximate surface area is 98.4 Å². The van der Waals surface area contributed by atoms with Crippen LogP contribution in [0.1, 0.15) is 10.6 Å². The molecule has 1 aromatic carbocycles. The number of nitrogens with zero attached hydrogens (tertiary/aromatic N) is 1. The number of carboxylic acid groups (broad SMARTS) is 1. The molecule has 0 spiro atoms. The van der Waals surface area contributed by atoms with Crippen LogP contribution in [0.2, 0.25) is 5.02 Å². The predicted molar refractivity (Wildman–Crippen MR) is 53.8 cm³/mol. The monoisotopic (exact) mass is 259 g/mol. The SMILES string of the molecule is O=C(O)c1cc(-c2cc(Cl)c(F)cc2F)no1. The van der Waals surface area contributed by atoms with Gasteiger partial charge in [0.2, 0.25) is 5.76 Å². The maximum absolute atomic E-state index is 13.4. The second-order valence-electron chi connectivity index (χ2n) is 3.13. The number of hydrogen-bond acceptors (Lipinski definition) is 3. The molecule has 0 unspecified atom stereocenters. The molecule has 0 aliphatic heterocycles. The van der Waals surface area contributed by atoms with Crippen molar-refractivity contribution in [2.24, 2.45) is 0 Å². The molecule has 88 valence electrons. The van der Waals surface area contributed by atoms with Crippen LogP contribution in [0, 0.1) is 11.6 Å². The van der Waals surface area contributed by atoms with E-state index < -0.39 is 23.4 Å². The highest BCUT2D eigenvalue weighted by atomic mass is 35.5. The molecule has 2 rings (SSSR count). The van der Waals surface area contributed by atoms with Crippen LogP contribution in [0.25, 0.3) is 11.3 Å². The molecular weight excluding hydrogens is 256 g/mol. The zero-order valence-corrected chi connectivity index (χ0v) is 8.83. The van der Waals surface area contributed by atoms with E-state index in [1.54, 1.807) is 0 Å². The summed E-state index contributed by atoms with van der Waals surface area (Å²) in [6.07, 6.45) is 0. The van der Waals surface area contributed by atoms with Crippen LogP contribution < -0.4 is 0 Å². The first-order chi connectivity index (χ1) is 7.99. The van der Waals surface area contributed by atoms with Crippen molar-refractivity contribution in [3.8, 4) is 11.3 Å². The number of aromatic carboxylic acids is 1. The Balaban J connectivity index is 2.52. The summed E-state index contributed by atoms with van der Waals surface area (Å²) in [7, 11) is 0. The summed E-state index contributed by atoms with van der Waals surface area (Å²) < 4.78 is 30.8. The Morgan fingerprint density at radius 1 is 1.29 bits per heavy atom. The molecule has 0 aliphatic rings. The minimum Gasteiger partial charge on any atom is -0.475 e. The number of halogens is 3. The Hall–Kier alpha value is -1.95. The summed E-state index contributed by atoms with van der Waals surface area (Å²) in [5, 5.41) is 11.7. The lowest BCUT2D eigenvalue weighted by Crippen LogP contribution is -1.92. The van der Waals surface area contributed by atoms with Crippen LogP contribution in [0.4, 0.5) is 8.78 Å². The lowest BCUT2D eigenvalue weighted by molar-refractivity contribution is 0.0652. The number of rotatable bonds is 2. The standard InChI is InChI=1S/C10H4ClF2NO3/c11-5-1-4(6(12)2-7(5)13)8-3-9(10(15)16)17-14-8/h1-3H,(H,15,16). The summed E-state index contributed by atoms with van der Waals surface area (Å²) in [5.41, 5.74) is -0.200. The summed E-state index contributed by atoms with van der Waals surface area (Å²) in [5.74, 6) is -3.59. The maximum atomic E-state index is 13.4. The normalized spacial score (nSPS) is 10.5. The molecule has 0 atom stereocenters. The van der Waals surface area contributed by atoms with E-state index >= 15 is 0 Å². The maximum Gasteiger partial charge on any atom is 0.374 e. The van der Waals surface area contributed by atoms with E-state index in [1.165, 1.54) is 0 Å². The molecule has 1 heterocycles. The second kappa shape index (κ2) is 4.14. The number of benzene rings is 1. The molecule has 0 radical (unpaired) electrons.